The summed E-state index contributed by atoms with van der Waals surface area (Å²) in [5, 5.41) is 12.0. The Morgan fingerprint density at radius 1 is 1.08 bits per heavy atom. The molecule has 1 heterocycles. The minimum absolute atomic E-state index is 0.127. The molecule has 1 N–H and O–H groups in total. The van der Waals surface area contributed by atoms with Crippen molar-refractivity contribution in [2.75, 3.05) is 26.2 Å². The highest BCUT2D eigenvalue weighted by Gasteiger charge is 2.40. The van der Waals surface area contributed by atoms with Crippen LogP contribution in [0.5, 0.6) is 0 Å². The zero-order valence-corrected chi connectivity index (χ0v) is 12.5. The maximum Gasteiger partial charge on any atom is 0.416 e. The van der Waals surface area contributed by atoms with E-state index in [0.29, 0.717) is 32.2 Å². The molecule has 0 aromatic heterocycles. The molecule has 1 aromatic rings. The van der Waals surface area contributed by atoms with E-state index in [-0.39, 0.29) is 18.1 Å². The molecule has 0 aliphatic carbocycles. The van der Waals surface area contributed by atoms with E-state index in [1.165, 1.54) is 0 Å². The molecule has 132 valence electrons. The fourth-order valence-corrected chi connectivity index (χ4v) is 2.78. The van der Waals surface area contributed by atoms with Gasteiger partial charge >= 0.3 is 12.4 Å². The number of benzene rings is 1. The number of hydrogen-bond donors (Lipinski definition) is 1. The van der Waals surface area contributed by atoms with Crippen LogP contribution in [-0.4, -0.2) is 31.1 Å². The number of hydrogen-bond acceptors (Lipinski definition) is 3. The Morgan fingerprint density at radius 3 is 2.21 bits per heavy atom. The summed E-state index contributed by atoms with van der Waals surface area (Å²) >= 11 is 0. The minimum atomic E-state index is -4.93. The Balaban J connectivity index is 2.51. The van der Waals surface area contributed by atoms with Gasteiger partial charge in [-0.25, -0.2) is 0 Å². The van der Waals surface area contributed by atoms with Gasteiger partial charge in [-0.1, -0.05) is 6.07 Å². The average molecular weight is 351 g/mol. The molecule has 0 saturated carbocycles. The van der Waals surface area contributed by atoms with Gasteiger partial charge in [0.15, 0.2) is 0 Å². The molecule has 0 radical (unpaired) electrons. The van der Waals surface area contributed by atoms with Crippen molar-refractivity contribution in [3.63, 3.8) is 0 Å². The van der Waals surface area contributed by atoms with Gasteiger partial charge in [-0.15, -0.1) is 0 Å². The van der Waals surface area contributed by atoms with Gasteiger partial charge in [-0.05, 0) is 17.7 Å². The second-order valence-electron chi connectivity index (χ2n) is 5.46. The van der Waals surface area contributed by atoms with Gasteiger partial charge in [-0.3, -0.25) is 4.90 Å². The molecule has 1 saturated heterocycles. The molecule has 0 amide bonds. The maximum atomic E-state index is 13.3. The van der Waals surface area contributed by atoms with E-state index in [2.05, 4.69) is 5.32 Å². The topological polar surface area (TPSA) is 39.1 Å². The second kappa shape index (κ2) is 6.99. The molecule has 0 bridgehead atoms. The van der Waals surface area contributed by atoms with Crippen LogP contribution in [0.4, 0.5) is 26.3 Å². The Kier molecular flexibility index (Phi) is 5.40. The highest BCUT2D eigenvalue weighted by molar-refractivity contribution is 5.38. The number of rotatable bonds is 3. The molecule has 1 aromatic carbocycles. The lowest BCUT2D eigenvalue weighted by atomic mass is 9.94. The molecule has 1 fully saturated rings. The fraction of sp³-hybridized carbons (Fsp3) is 0.533. The average Bonchev–Trinajstić information content (AvgIpc) is 2.51. The first kappa shape index (κ1) is 18.5. The molecule has 1 aliphatic heterocycles. The van der Waals surface area contributed by atoms with E-state index < -0.39 is 29.5 Å². The summed E-state index contributed by atoms with van der Waals surface area (Å²) in [5.74, 6) is 0. The number of piperazine rings is 1. The van der Waals surface area contributed by atoms with Gasteiger partial charge in [0.05, 0.1) is 23.6 Å². The molecular weight excluding hydrogens is 336 g/mol. The summed E-state index contributed by atoms with van der Waals surface area (Å²) < 4.78 is 78.2. The van der Waals surface area contributed by atoms with Crippen LogP contribution in [0.25, 0.3) is 0 Å². The predicted octanol–water partition coefficient (Wildman–Crippen LogP) is 3.58. The van der Waals surface area contributed by atoms with Crippen molar-refractivity contribution in [3.05, 3.63) is 34.9 Å². The molecular formula is C15H15F6N3. The van der Waals surface area contributed by atoms with Gasteiger partial charge in [0.25, 0.3) is 0 Å². The largest absolute Gasteiger partial charge is 0.416 e. The van der Waals surface area contributed by atoms with E-state index in [9.17, 15) is 26.3 Å². The van der Waals surface area contributed by atoms with Crippen LogP contribution >= 0.6 is 0 Å². The van der Waals surface area contributed by atoms with Crippen LogP contribution < -0.4 is 5.32 Å². The van der Waals surface area contributed by atoms with Gasteiger partial charge < -0.3 is 5.32 Å². The maximum absolute atomic E-state index is 13.3. The van der Waals surface area contributed by atoms with Crippen molar-refractivity contribution in [3.8, 4) is 6.07 Å². The highest BCUT2D eigenvalue weighted by Crippen LogP contribution is 2.41. The number of alkyl halides is 6. The normalized spacial score (nSPS) is 18.2. The first-order valence-electron chi connectivity index (χ1n) is 7.24. The van der Waals surface area contributed by atoms with Gasteiger partial charge in [0.2, 0.25) is 0 Å². The molecule has 0 spiro atoms. The van der Waals surface area contributed by atoms with Crippen LogP contribution in [0.3, 0.4) is 0 Å². The smallest absolute Gasteiger partial charge is 0.314 e. The van der Waals surface area contributed by atoms with E-state index in [4.69, 9.17) is 5.26 Å². The molecule has 9 heteroatoms. The molecule has 3 nitrogen and oxygen atoms in total. The highest BCUT2D eigenvalue weighted by atomic mass is 19.4. The SMILES string of the molecule is N#CC[C@@H](c1ccc(C(F)(F)F)cc1C(F)(F)F)N1CCNCC1. The minimum Gasteiger partial charge on any atom is -0.314 e. The first-order chi connectivity index (χ1) is 11.1. The van der Waals surface area contributed by atoms with Gasteiger partial charge in [-0.2, -0.15) is 31.6 Å². The second-order valence-corrected chi connectivity index (χ2v) is 5.46. The molecule has 24 heavy (non-hydrogen) atoms. The lowest BCUT2D eigenvalue weighted by Gasteiger charge is -2.35. The predicted molar refractivity (Wildman–Crippen MR) is 73.9 cm³/mol. The van der Waals surface area contributed by atoms with Crippen molar-refractivity contribution in [1.82, 2.24) is 10.2 Å². The summed E-state index contributed by atoms with van der Waals surface area (Å²) in [6.45, 7) is 1.93. The molecule has 0 unspecified atom stereocenters. The number of nitriles is 1. The Morgan fingerprint density at radius 2 is 1.71 bits per heavy atom. The van der Waals surface area contributed by atoms with Crippen LogP contribution in [0.15, 0.2) is 18.2 Å². The third-order valence-corrected chi connectivity index (χ3v) is 3.92. The van der Waals surface area contributed by atoms with Crippen LogP contribution in [0.1, 0.15) is 29.2 Å². The van der Waals surface area contributed by atoms with Crippen LogP contribution in [0.2, 0.25) is 0 Å². The molecule has 2 rings (SSSR count). The summed E-state index contributed by atoms with van der Waals surface area (Å²) in [6.07, 6.45) is -10.0. The monoisotopic (exact) mass is 351 g/mol. The Hall–Kier alpha value is -1.79. The number of halogens is 6. The Labute approximate surface area is 134 Å². The van der Waals surface area contributed by atoms with E-state index in [1.54, 1.807) is 4.90 Å². The van der Waals surface area contributed by atoms with Crippen molar-refractivity contribution in [1.29, 1.82) is 5.26 Å². The number of nitrogens with one attached hydrogen (secondary N) is 1. The zero-order valence-electron chi connectivity index (χ0n) is 12.5. The zero-order chi connectivity index (χ0) is 18.0. The van der Waals surface area contributed by atoms with Crippen molar-refractivity contribution >= 4 is 0 Å². The van der Waals surface area contributed by atoms with Crippen LogP contribution in [-0.2, 0) is 12.4 Å². The van der Waals surface area contributed by atoms with Crippen LogP contribution in [0, 0.1) is 11.3 Å². The van der Waals surface area contributed by atoms with Gasteiger partial charge in [0, 0.05) is 32.2 Å². The standard InChI is InChI=1S/C15H15F6N3/c16-14(17,18)10-1-2-11(12(9-10)15(19,20)21)13(3-4-22)24-7-5-23-6-8-24/h1-2,9,13,23H,3,5-8H2/t13-/m0/s1. The van der Waals surface area contributed by atoms with E-state index in [1.807, 2.05) is 6.07 Å². The summed E-state index contributed by atoms with van der Waals surface area (Å²) in [5.41, 5.74) is -2.98. The quantitative estimate of drug-likeness (QED) is 0.846. The molecule has 1 atom stereocenters. The summed E-state index contributed by atoms with van der Waals surface area (Å²) in [7, 11) is 0. The summed E-state index contributed by atoms with van der Waals surface area (Å²) in [6, 6.07) is 2.55. The van der Waals surface area contributed by atoms with E-state index in [0.717, 1.165) is 6.07 Å². The molecule has 1 aliphatic rings. The fourth-order valence-electron chi connectivity index (χ4n) is 2.78. The summed E-state index contributed by atoms with van der Waals surface area (Å²) in [4.78, 5) is 1.69. The first-order valence-corrected chi connectivity index (χ1v) is 7.24. The lowest BCUT2D eigenvalue weighted by molar-refractivity contribution is -0.143. The number of nitrogens with zero attached hydrogens (tertiary/aromatic N) is 2. The third-order valence-electron chi connectivity index (χ3n) is 3.92. The third kappa shape index (κ3) is 4.19. The van der Waals surface area contributed by atoms with Crippen molar-refractivity contribution in [2.24, 2.45) is 0 Å². The Bertz CT molecular complexity index is 611. The van der Waals surface area contributed by atoms with Crippen molar-refractivity contribution in [2.45, 2.75) is 24.8 Å². The van der Waals surface area contributed by atoms with Crippen molar-refractivity contribution < 1.29 is 26.3 Å². The van der Waals surface area contributed by atoms with Gasteiger partial charge in [0.1, 0.15) is 0 Å². The van der Waals surface area contributed by atoms with E-state index >= 15 is 0 Å². The lowest BCUT2D eigenvalue weighted by Crippen LogP contribution is -2.45.